The average molecular weight is 547 g/mol. The molecule has 2 heterocycles. The maximum absolute atomic E-state index is 14.8. The minimum atomic E-state index is -1.78. The summed E-state index contributed by atoms with van der Waals surface area (Å²) in [7, 11) is 0. The monoisotopic (exact) mass is 546 g/mol. The van der Waals surface area contributed by atoms with Crippen LogP contribution in [0.2, 0.25) is 0 Å². The number of anilines is 2. The Labute approximate surface area is 232 Å². The lowest BCUT2D eigenvalue weighted by Gasteiger charge is -2.34. The summed E-state index contributed by atoms with van der Waals surface area (Å²) < 4.78 is 25.3. The Hall–Kier alpha value is -4.24. The number of benzene rings is 3. The van der Waals surface area contributed by atoms with Crippen LogP contribution in [-0.2, 0) is 29.3 Å². The number of hydrogen-bond donors (Lipinski definition) is 0. The molecule has 5 rings (SSSR count). The van der Waals surface area contributed by atoms with E-state index in [4.69, 9.17) is 14.3 Å². The molecule has 2 aliphatic heterocycles. The molecule has 2 aliphatic rings. The van der Waals surface area contributed by atoms with Crippen molar-refractivity contribution in [3.05, 3.63) is 95.8 Å². The maximum Gasteiger partial charge on any atom is 0.421 e. The van der Waals surface area contributed by atoms with Crippen molar-refractivity contribution in [1.29, 1.82) is 0 Å². The minimum absolute atomic E-state index is 0.273. The Morgan fingerprint density at radius 1 is 0.950 bits per heavy atom. The third-order valence-corrected chi connectivity index (χ3v) is 6.78. The molecule has 0 bridgehead atoms. The summed E-state index contributed by atoms with van der Waals surface area (Å²) >= 11 is 0. The van der Waals surface area contributed by atoms with Gasteiger partial charge in [-0.3, -0.25) is 9.63 Å². The number of esters is 1. The zero-order chi connectivity index (χ0) is 28.8. The van der Waals surface area contributed by atoms with Gasteiger partial charge in [-0.1, -0.05) is 48.5 Å². The number of carbonyl (C=O) groups excluding carboxylic acids is 3. The molecule has 0 aromatic heterocycles. The molecule has 9 heteroatoms. The molecule has 8 nitrogen and oxygen atoms in total. The Kier molecular flexibility index (Phi) is 6.87. The van der Waals surface area contributed by atoms with E-state index < -0.39 is 53.1 Å². The molecule has 3 atom stereocenters. The number of hydrogen-bond acceptors (Lipinski definition) is 7. The van der Waals surface area contributed by atoms with Gasteiger partial charge in [-0.25, -0.2) is 23.9 Å². The highest BCUT2D eigenvalue weighted by Crippen LogP contribution is 2.59. The van der Waals surface area contributed by atoms with Crippen LogP contribution in [0.5, 0.6) is 0 Å². The Balaban J connectivity index is 1.80. The van der Waals surface area contributed by atoms with Crippen molar-refractivity contribution in [3.8, 4) is 0 Å². The minimum Gasteiger partial charge on any atom is -0.461 e. The summed E-state index contributed by atoms with van der Waals surface area (Å²) in [6.07, 6.45) is -2.86. The first-order valence-electron chi connectivity index (χ1n) is 13.1. The molecule has 0 N–H and O–H groups in total. The maximum atomic E-state index is 14.8. The van der Waals surface area contributed by atoms with E-state index >= 15 is 0 Å². The molecule has 2 amide bonds. The van der Waals surface area contributed by atoms with Gasteiger partial charge in [-0.05, 0) is 76.1 Å². The van der Waals surface area contributed by atoms with E-state index in [2.05, 4.69) is 0 Å². The molecule has 0 saturated carbocycles. The smallest absolute Gasteiger partial charge is 0.421 e. The molecule has 3 aromatic carbocycles. The van der Waals surface area contributed by atoms with Gasteiger partial charge in [0.05, 0.1) is 17.5 Å². The highest BCUT2D eigenvalue weighted by atomic mass is 19.1. The van der Waals surface area contributed by atoms with Crippen molar-refractivity contribution in [2.24, 2.45) is 0 Å². The van der Waals surface area contributed by atoms with E-state index in [0.29, 0.717) is 16.8 Å². The number of amides is 2. The van der Waals surface area contributed by atoms with E-state index in [9.17, 15) is 18.8 Å². The van der Waals surface area contributed by atoms with E-state index in [0.717, 1.165) is 4.90 Å². The van der Waals surface area contributed by atoms with Crippen molar-refractivity contribution in [2.75, 3.05) is 9.96 Å². The van der Waals surface area contributed by atoms with E-state index in [-0.39, 0.29) is 5.69 Å². The number of carbonyl (C=O) groups is 3. The average Bonchev–Trinajstić information content (AvgIpc) is 3.38. The van der Waals surface area contributed by atoms with Crippen LogP contribution >= 0.6 is 0 Å². The standard InChI is InChI=1S/C31H31FN2O6/c1-19(2)38-27(35)26-31(23-13-9-10-14-24(23)33(28(31)36)29(37)39-30(3,4)5)25(20-15-17-21(32)18-16-20)34(40-26)22-11-7-6-8-12-22/h6-19,25-26H,1-5H3/t25-,26+,31-/m1/s1. The fraction of sp³-hybridized carbons (Fsp3) is 0.323. The predicted molar refractivity (Wildman–Crippen MR) is 146 cm³/mol. The molecule has 3 aromatic rings. The number of halogens is 1. The lowest BCUT2D eigenvalue weighted by Crippen LogP contribution is -2.54. The third kappa shape index (κ3) is 4.50. The van der Waals surface area contributed by atoms with Gasteiger partial charge in [0, 0.05) is 0 Å². The molecule has 0 unspecified atom stereocenters. The molecule has 1 fully saturated rings. The summed E-state index contributed by atoms with van der Waals surface area (Å²) in [4.78, 5) is 49.4. The normalized spacial score (nSPS) is 22.1. The van der Waals surface area contributed by atoms with Crippen molar-refractivity contribution in [1.82, 2.24) is 0 Å². The Morgan fingerprint density at radius 2 is 1.57 bits per heavy atom. The lowest BCUT2D eigenvalue weighted by molar-refractivity contribution is -0.163. The van der Waals surface area contributed by atoms with Crippen molar-refractivity contribution in [3.63, 3.8) is 0 Å². The van der Waals surface area contributed by atoms with Gasteiger partial charge >= 0.3 is 12.1 Å². The first kappa shape index (κ1) is 27.3. The number of hydroxylamine groups is 1. The highest BCUT2D eigenvalue weighted by Gasteiger charge is 2.71. The van der Waals surface area contributed by atoms with Crippen LogP contribution in [0.15, 0.2) is 78.9 Å². The zero-order valence-electron chi connectivity index (χ0n) is 23.0. The summed E-state index contributed by atoms with van der Waals surface area (Å²) in [5, 5.41) is 1.48. The van der Waals surface area contributed by atoms with Crippen LogP contribution < -0.4 is 9.96 Å². The van der Waals surface area contributed by atoms with Gasteiger partial charge in [0.1, 0.15) is 22.9 Å². The van der Waals surface area contributed by atoms with Crippen LogP contribution in [-0.4, -0.2) is 35.8 Å². The third-order valence-electron chi connectivity index (χ3n) is 6.78. The highest BCUT2D eigenvalue weighted by molar-refractivity contribution is 6.23. The second-order valence-corrected chi connectivity index (χ2v) is 11.1. The fourth-order valence-electron chi connectivity index (χ4n) is 5.37. The summed E-state index contributed by atoms with van der Waals surface area (Å²) in [6.45, 7) is 8.50. The number of ether oxygens (including phenoxy) is 2. The number of imide groups is 1. The Morgan fingerprint density at radius 3 is 2.20 bits per heavy atom. The molecule has 0 radical (unpaired) electrons. The fourth-order valence-corrected chi connectivity index (χ4v) is 5.37. The number of fused-ring (bicyclic) bond motifs is 2. The lowest BCUT2D eigenvalue weighted by atomic mass is 9.69. The molecular weight excluding hydrogens is 515 g/mol. The molecule has 1 spiro atoms. The van der Waals surface area contributed by atoms with Crippen LogP contribution in [0, 0.1) is 5.82 Å². The largest absolute Gasteiger partial charge is 0.461 e. The molecule has 0 aliphatic carbocycles. The molecule has 1 saturated heterocycles. The number of para-hydroxylation sites is 2. The molecule has 40 heavy (non-hydrogen) atoms. The second-order valence-electron chi connectivity index (χ2n) is 11.1. The summed E-state index contributed by atoms with van der Waals surface area (Å²) in [5.74, 6) is -1.94. The van der Waals surface area contributed by atoms with Crippen molar-refractivity contribution in [2.45, 2.75) is 63.9 Å². The van der Waals surface area contributed by atoms with E-state index in [1.165, 1.54) is 17.2 Å². The van der Waals surface area contributed by atoms with Gasteiger partial charge in [-0.15, -0.1) is 0 Å². The van der Waals surface area contributed by atoms with E-state index in [1.54, 1.807) is 95.3 Å². The first-order valence-corrected chi connectivity index (χ1v) is 13.1. The molecular formula is C31H31FN2O6. The van der Waals surface area contributed by atoms with Gasteiger partial charge in [0.15, 0.2) is 0 Å². The van der Waals surface area contributed by atoms with E-state index in [1.807, 2.05) is 6.07 Å². The second kappa shape index (κ2) is 10.1. The SMILES string of the molecule is CC(C)OC(=O)[C@@H]1ON(c2ccccc2)[C@H](c2ccc(F)cc2)[C@@]12C(=O)N(C(=O)OC(C)(C)C)c1ccccc12. The van der Waals surface area contributed by atoms with Crippen molar-refractivity contribution < 1.29 is 33.1 Å². The van der Waals surface area contributed by atoms with Gasteiger partial charge in [-0.2, -0.15) is 0 Å². The topological polar surface area (TPSA) is 85.4 Å². The number of nitrogens with zero attached hydrogens (tertiary/aromatic N) is 2. The van der Waals surface area contributed by atoms with Gasteiger partial charge < -0.3 is 9.47 Å². The van der Waals surface area contributed by atoms with Gasteiger partial charge in [0.2, 0.25) is 6.10 Å². The van der Waals surface area contributed by atoms with Crippen LogP contribution in [0.4, 0.5) is 20.6 Å². The summed E-state index contributed by atoms with van der Waals surface area (Å²) in [6, 6.07) is 20.4. The number of rotatable bonds is 4. The van der Waals surface area contributed by atoms with Crippen molar-refractivity contribution >= 4 is 29.3 Å². The van der Waals surface area contributed by atoms with Crippen LogP contribution in [0.25, 0.3) is 0 Å². The zero-order valence-corrected chi connectivity index (χ0v) is 23.0. The predicted octanol–water partition coefficient (Wildman–Crippen LogP) is 5.86. The first-order chi connectivity index (χ1) is 18.9. The quantitative estimate of drug-likeness (QED) is 0.379. The van der Waals surface area contributed by atoms with Gasteiger partial charge in [0.25, 0.3) is 5.91 Å². The Bertz CT molecular complexity index is 1440. The summed E-state index contributed by atoms with van der Waals surface area (Å²) in [5.41, 5.74) is -0.959. The van der Waals surface area contributed by atoms with Crippen LogP contribution in [0.1, 0.15) is 51.8 Å². The van der Waals surface area contributed by atoms with Crippen LogP contribution in [0.3, 0.4) is 0 Å². The molecule has 208 valence electrons.